The molecule has 1 aromatic heterocycles. The lowest BCUT2D eigenvalue weighted by atomic mass is 10.2. The first kappa shape index (κ1) is 25.1. The van der Waals surface area contributed by atoms with Gasteiger partial charge in [-0.15, -0.1) is 0 Å². The number of aromatic amines is 1. The van der Waals surface area contributed by atoms with Crippen LogP contribution in [0.2, 0.25) is 0 Å². The molecule has 0 unspecified atom stereocenters. The van der Waals surface area contributed by atoms with Crippen LogP contribution in [0.1, 0.15) is 40.5 Å². The van der Waals surface area contributed by atoms with Crippen LogP contribution in [0.25, 0.3) is 0 Å². The summed E-state index contributed by atoms with van der Waals surface area (Å²) in [5, 5.41) is 2.84. The number of hydrogen-bond donors (Lipinski definition) is 3. The van der Waals surface area contributed by atoms with Crippen LogP contribution >= 0.6 is 0 Å². The molecular weight excluding hydrogens is 438 g/mol. The monoisotopic (exact) mass is 471 g/mol. The van der Waals surface area contributed by atoms with E-state index >= 15 is 0 Å². The van der Waals surface area contributed by atoms with Gasteiger partial charge in [0.15, 0.2) is 12.3 Å². The van der Waals surface area contributed by atoms with E-state index in [2.05, 4.69) is 10.3 Å². The van der Waals surface area contributed by atoms with Crippen molar-refractivity contribution in [2.45, 2.75) is 47.1 Å². The van der Waals surface area contributed by atoms with Crippen LogP contribution in [-0.2, 0) is 16.1 Å². The molecule has 10 heteroatoms. The smallest absolute Gasteiger partial charge is 0.330 e. The second-order valence-electron chi connectivity index (χ2n) is 9.48. The van der Waals surface area contributed by atoms with E-state index in [0.717, 1.165) is 12.8 Å². The molecule has 1 heterocycles. The van der Waals surface area contributed by atoms with E-state index in [1.165, 1.54) is 9.47 Å². The van der Waals surface area contributed by atoms with E-state index in [4.69, 9.17) is 10.5 Å². The van der Waals surface area contributed by atoms with Gasteiger partial charge in [-0.05, 0) is 36.8 Å². The molecule has 184 valence electrons. The molecule has 4 N–H and O–H groups in total. The number of anilines is 3. The van der Waals surface area contributed by atoms with Gasteiger partial charge in [-0.1, -0.05) is 33.8 Å². The average Bonchev–Trinajstić information content (AvgIpc) is 3.59. The Labute approximate surface area is 198 Å². The summed E-state index contributed by atoms with van der Waals surface area (Å²) in [4.78, 5) is 53.7. The van der Waals surface area contributed by atoms with Crippen molar-refractivity contribution < 1.29 is 14.3 Å². The number of nitrogens with one attached hydrogen (secondary N) is 2. The third-order valence-corrected chi connectivity index (χ3v) is 5.29. The summed E-state index contributed by atoms with van der Waals surface area (Å²) < 4.78 is 6.96. The quantitative estimate of drug-likeness (QED) is 0.485. The number of nitrogens with two attached hydrogens (primary N) is 1. The van der Waals surface area contributed by atoms with Crippen LogP contribution in [0.15, 0.2) is 33.9 Å². The normalized spacial score (nSPS) is 13.2. The van der Waals surface area contributed by atoms with Gasteiger partial charge in [-0.3, -0.25) is 23.9 Å². The molecule has 0 saturated heterocycles. The molecule has 34 heavy (non-hydrogen) atoms. The fourth-order valence-corrected chi connectivity index (χ4v) is 3.54. The van der Waals surface area contributed by atoms with Gasteiger partial charge in [-0.2, -0.15) is 0 Å². The molecule has 1 aliphatic rings. The molecule has 3 rings (SSSR count). The van der Waals surface area contributed by atoms with Crippen molar-refractivity contribution >= 4 is 29.0 Å². The highest BCUT2D eigenvalue weighted by Gasteiger charge is 2.29. The maximum Gasteiger partial charge on any atom is 0.330 e. The summed E-state index contributed by atoms with van der Waals surface area (Å²) in [5.41, 5.74) is 5.41. The van der Waals surface area contributed by atoms with E-state index in [1.54, 1.807) is 24.3 Å². The minimum atomic E-state index is -0.721. The Morgan fingerprint density at radius 1 is 1.21 bits per heavy atom. The first-order chi connectivity index (χ1) is 16.1. The summed E-state index contributed by atoms with van der Waals surface area (Å²) in [6.45, 7) is 7.81. The van der Waals surface area contributed by atoms with Gasteiger partial charge in [0, 0.05) is 30.8 Å². The number of nitrogens with zero attached hydrogens (tertiary/aromatic N) is 2. The number of carbonyl (C=O) groups is 2. The number of rotatable bonds is 10. The van der Waals surface area contributed by atoms with Crippen molar-refractivity contribution in [1.29, 1.82) is 0 Å². The first-order valence-electron chi connectivity index (χ1n) is 11.5. The molecular formula is C24H33N5O5. The molecule has 10 nitrogen and oxygen atoms in total. The average molecular weight is 472 g/mol. The number of H-pyrrole nitrogens is 1. The lowest BCUT2D eigenvalue weighted by Crippen LogP contribution is -2.44. The lowest BCUT2D eigenvalue weighted by molar-refractivity contribution is -0.120. The van der Waals surface area contributed by atoms with E-state index in [0.29, 0.717) is 18.0 Å². The zero-order chi connectivity index (χ0) is 25.0. The Hall–Kier alpha value is -3.56. The molecule has 0 radical (unpaired) electrons. The van der Waals surface area contributed by atoms with Crippen molar-refractivity contribution in [3.8, 4) is 5.75 Å². The van der Waals surface area contributed by atoms with Crippen LogP contribution < -0.4 is 31.9 Å². The lowest BCUT2D eigenvalue weighted by Gasteiger charge is -2.26. The van der Waals surface area contributed by atoms with E-state index in [-0.39, 0.29) is 48.3 Å². The molecule has 1 saturated carbocycles. The maximum absolute atomic E-state index is 13.2. The number of benzene rings is 1. The summed E-state index contributed by atoms with van der Waals surface area (Å²) in [6, 6.07) is 6.79. The molecule has 1 fully saturated rings. The van der Waals surface area contributed by atoms with E-state index < -0.39 is 17.2 Å². The Bertz CT molecular complexity index is 1160. The van der Waals surface area contributed by atoms with Crippen LogP contribution in [-0.4, -0.2) is 34.5 Å². The summed E-state index contributed by atoms with van der Waals surface area (Å²) in [5.74, 6) is 0.0337. The van der Waals surface area contributed by atoms with Crippen molar-refractivity contribution in [3.63, 3.8) is 0 Å². The summed E-state index contributed by atoms with van der Waals surface area (Å²) in [6.07, 6.45) is 1.80. The van der Waals surface area contributed by atoms with Crippen LogP contribution in [0.3, 0.4) is 0 Å². The molecule has 0 spiro atoms. The fourth-order valence-electron chi connectivity index (χ4n) is 3.54. The van der Waals surface area contributed by atoms with Crippen molar-refractivity contribution in [1.82, 2.24) is 9.55 Å². The SMILES string of the molecule is CC(C)CN(C(=O)COc1cccc(NC(=O)C2CC2)c1)c1c(N)n(CC(C)C)c(=O)[nH]c1=O. The molecule has 1 aliphatic carbocycles. The van der Waals surface area contributed by atoms with Crippen LogP contribution in [0, 0.1) is 17.8 Å². The number of aromatic nitrogens is 2. The molecule has 2 aromatic rings. The molecule has 0 aliphatic heterocycles. The highest BCUT2D eigenvalue weighted by Crippen LogP contribution is 2.30. The Balaban J connectivity index is 1.81. The standard InChI is InChI=1S/C24H33N5O5/c1-14(2)11-28(20-21(25)29(12-15(3)4)24(33)27-23(20)32)19(30)13-34-18-7-5-6-17(10-18)26-22(31)16-8-9-16/h5-7,10,14-16H,8-9,11-13,25H2,1-4H3,(H,26,31)(H,27,32,33). The molecule has 0 atom stereocenters. The van der Waals surface area contributed by atoms with Gasteiger partial charge in [0.25, 0.3) is 11.5 Å². The Kier molecular flexibility index (Phi) is 7.80. The van der Waals surface area contributed by atoms with Gasteiger partial charge in [0.05, 0.1) is 0 Å². The van der Waals surface area contributed by atoms with E-state index in [9.17, 15) is 19.2 Å². The zero-order valence-corrected chi connectivity index (χ0v) is 20.1. The zero-order valence-electron chi connectivity index (χ0n) is 20.1. The minimum absolute atomic E-state index is 0.0224. The predicted molar refractivity (Wildman–Crippen MR) is 131 cm³/mol. The van der Waals surface area contributed by atoms with Crippen molar-refractivity contribution in [2.24, 2.45) is 17.8 Å². The third kappa shape index (κ3) is 6.27. The Morgan fingerprint density at radius 2 is 1.91 bits per heavy atom. The number of ether oxygens (including phenoxy) is 1. The van der Waals surface area contributed by atoms with Gasteiger partial charge in [0.2, 0.25) is 5.91 Å². The number of hydrogen-bond acceptors (Lipinski definition) is 6. The summed E-state index contributed by atoms with van der Waals surface area (Å²) in [7, 11) is 0. The number of carbonyl (C=O) groups excluding carboxylic acids is 2. The van der Waals surface area contributed by atoms with Crippen LogP contribution in [0.5, 0.6) is 5.75 Å². The van der Waals surface area contributed by atoms with Gasteiger partial charge in [0.1, 0.15) is 11.6 Å². The molecule has 2 amide bonds. The van der Waals surface area contributed by atoms with E-state index in [1.807, 2.05) is 27.7 Å². The number of amides is 2. The van der Waals surface area contributed by atoms with Crippen LogP contribution in [0.4, 0.5) is 17.2 Å². The molecule has 0 bridgehead atoms. The van der Waals surface area contributed by atoms with Crippen molar-refractivity contribution in [2.75, 3.05) is 29.1 Å². The highest BCUT2D eigenvalue weighted by atomic mass is 16.5. The summed E-state index contributed by atoms with van der Waals surface area (Å²) >= 11 is 0. The third-order valence-electron chi connectivity index (χ3n) is 5.29. The Morgan fingerprint density at radius 3 is 2.53 bits per heavy atom. The van der Waals surface area contributed by atoms with Gasteiger partial charge < -0.3 is 20.7 Å². The second kappa shape index (κ2) is 10.6. The fraction of sp³-hybridized carbons (Fsp3) is 0.500. The van der Waals surface area contributed by atoms with Gasteiger partial charge in [-0.25, -0.2) is 4.79 Å². The number of nitrogen functional groups attached to an aromatic ring is 1. The largest absolute Gasteiger partial charge is 0.484 e. The maximum atomic E-state index is 13.2. The van der Waals surface area contributed by atoms with Crippen molar-refractivity contribution in [3.05, 3.63) is 45.1 Å². The highest BCUT2D eigenvalue weighted by molar-refractivity contribution is 5.96. The molecule has 1 aromatic carbocycles. The minimum Gasteiger partial charge on any atom is -0.484 e. The second-order valence-corrected chi connectivity index (χ2v) is 9.48. The predicted octanol–water partition coefficient (Wildman–Crippen LogP) is 2.19. The topological polar surface area (TPSA) is 140 Å². The van der Waals surface area contributed by atoms with Gasteiger partial charge >= 0.3 is 5.69 Å². The first-order valence-corrected chi connectivity index (χ1v) is 11.5.